The predicted molar refractivity (Wildman–Crippen MR) is 112 cm³/mol. The summed E-state index contributed by atoms with van der Waals surface area (Å²) in [5.41, 5.74) is 5.48. The van der Waals surface area contributed by atoms with Gasteiger partial charge in [-0.05, 0) is 12.2 Å². The maximum absolute atomic E-state index is 14.7. The number of anilines is 2. The molecule has 2 amide bonds. The Morgan fingerprint density at radius 2 is 1.90 bits per heavy atom. The summed E-state index contributed by atoms with van der Waals surface area (Å²) in [6.07, 6.45) is 2.65. The zero-order valence-electron chi connectivity index (χ0n) is 16.2. The number of benzene rings is 1. The first-order valence-electron chi connectivity index (χ1n) is 8.67. The average molecular weight is 440 g/mol. The number of imide groups is 1. The van der Waals surface area contributed by atoms with Crippen molar-refractivity contribution in [2.45, 2.75) is 0 Å². The third kappa shape index (κ3) is 5.42. The van der Waals surface area contributed by atoms with Crippen LogP contribution in [0.1, 0.15) is 0 Å². The fourth-order valence-corrected chi connectivity index (χ4v) is 2.80. The number of nitrogens with zero attached hydrogens (tertiary/aromatic N) is 3. The monoisotopic (exact) mass is 440 g/mol. The molecule has 162 valence electrons. The van der Waals surface area contributed by atoms with Crippen LogP contribution in [0.3, 0.4) is 0 Å². The van der Waals surface area contributed by atoms with Gasteiger partial charge in [-0.15, -0.1) is 6.58 Å². The quantitative estimate of drug-likeness (QED) is 0.181. The molecule has 0 unspecified atom stereocenters. The summed E-state index contributed by atoms with van der Waals surface area (Å²) in [5, 5.41) is 3.74. The molecule has 2 rings (SSSR count). The van der Waals surface area contributed by atoms with Crippen molar-refractivity contribution in [3.05, 3.63) is 48.3 Å². The molecule has 1 heterocycles. The number of methoxy groups -OCH3 is 1. The molecule has 0 bridgehead atoms. The van der Waals surface area contributed by atoms with E-state index in [0.29, 0.717) is 0 Å². The number of hydrogen-bond acceptors (Lipinski definition) is 8. The molecule has 0 aliphatic carbocycles. The van der Waals surface area contributed by atoms with Gasteiger partial charge < -0.3 is 20.7 Å². The molecule has 1 fully saturated rings. The predicted octanol–water partition coefficient (Wildman–Crippen LogP) is 0.327. The Balaban J connectivity index is 2.19. The number of thiocarbonyl (C=S) groups is 1. The van der Waals surface area contributed by atoms with E-state index in [9.17, 15) is 18.4 Å². The molecule has 1 saturated heterocycles. The third-order valence-electron chi connectivity index (χ3n) is 4.11. The summed E-state index contributed by atoms with van der Waals surface area (Å²) in [4.78, 5) is 26.3. The van der Waals surface area contributed by atoms with E-state index in [1.807, 2.05) is 0 Å². The summed E-state index contributed by atoms with van der Waals surface area (Å²) >= 11 is 4.81. The van der Waals surface area contributed by atoms with Crippen molar-refractivity contribution in [1.82, 2.24) is 10.2 Å². The summed E-state index contributed by atoms with van der Waals surface area (Å²) in [7, 11) is 1.39. The second-order valence-corrected chi connectivity index (χ2v) is 6.63. The van der Waals surface area contributed by atoms with Crippen LogP contribution in [0.5, 0.6) is 0 Å². The number of hydrazine groups is 1. The molecule has 12 heteroatoms. The smallest absolute Gasteiger partial charge is 0.256 e. The van der Waals surface area contributed by atoms with E-state index in [4.69, 9.17) is 28.5 Å². The second kappa shape index (κ2) is 9.98. The van der Waals surface area contributed by atoms with Gasteiger partial charge in [0.25, 0.3) is 5.17 Å². The fraction of sp³-hybridized carbons (Fsp3) is 0.278. The van der Waals surface area contributed by atoms with Crippen LogP contribution in [0.15, 0.2) is 36.7 Å². The Hall–Kier alpha value is -3.25. The Labute approximate surface area is 177 Å². The van der Waals surface area contributed by atoms with Crippen molar-refractivity contribution < 1.29 is 23.1 Å². The van der Waals surface area contributed by atoms with Gasteiger partial charge in [0.15, 0.2) is 11.6 Å². The highest BCUT2D eigenvalue weighted by atomic mass is 32.1. The second-order valence-electron chi connectivity index (χ2n) is 6.26. The van der Waals surface area contributed by atoms with E-state index >= 15 is 0 Å². The summed E-state index contributed by atoms with van der Waals surface area (Å²) < 4.78 is 34.1. The number of hydrogen-bond donors (Lipinski definition) is 3. The molecule has 0 saturated carbocycles. The number of carbonyl (C=O) groups excluding carboxylic acids is 2. The maximum atomic E-state index is 14.7. The van der Waals surface area contributed by atoms with Crippen LogP contribution in [0.25, 0.3) is 0 Å². The number of amides is 2. The minimum atomic E-state index is -0.983. The van der Waals surface area contributed by atoms with Crippen LogP contribution in [-0.2, 0) is 14.3 Å². The summed E-state index contributed by atoms with van der Waals surface area (Å²) in [5.74, 6) is 2.69. The highest BCUT2D eigenvalue weighted by Crippen LogP contribution is 2.29. The molecule has 5 N–H and O–H groups in total. The number of carbonyl (C=O) groups is 2. The molecule has 0 aromatic heterocycles. The highest BCUT2D eigenvalue weighted by molar-refractivity contribution is 7.80. The summed E-state index contributed by atoms with van der Waals surface area (Å²) in [6, 6.07) is 1.95. The standard InChI is InChI=1S/C18H22F2N6O3S/c1-3-4-25-15(27)9-24(10-16(25)28)17-13(19)5-12(6-14(17)20)26(22)8-11(21)7-23-18(30)29-2/h3,5-6,8H,1,4,7,9-10,21-22H2,2H3,(H,23,30)/b11-8-. The molecule has 1 aliphatic rings. The van der Waals surface area contributed by atoms with Gasteiger partial charge in [0.2, 0.25) is 11.8 Å². The normalized spacial score (nSPS) is 14.6. The molecule has 1 aromatic carbocycles. The van der Waals surface area contributed by atoms with Gasteiger partial charge in [0.05, 0.1) is 32.4 Å². The lowest BCUT2D eigenvalue weighted by Gasteiger charge is -2.34. The number of ether oxygens (including phenoxy) is 1. The summed E-state index contributed by atoms with van der Waals surface area (Å²) in [6.45, 7) is 2.91. The van der Waals surface area contributed by atoms with Gasteiger partial charge in [0, 0.05) is 30.6 Å². The van der Waals surface area contributed by atoms with Crippen molar-refractivity contribution in [3.63, 3.8) is 0 Å². The Morgan fingerprint density at radius 1 is 1.33 bits per heavy atom. The van der Waals surface area contributed by atoms with Crippen molar-refractivity contribution in [2.75, 3.05) is 43.2 Å². The minimum absolute atomic E-state index is 0.0334. The van der Waals surface area contributed by atoms with Crippen LogP contribution < -0.4 is 26.8 Å². The fourth-order valence-electron chi connectivity index (χ4n) is 2.73. The van der Waals surface area contributed by atoms with E-state index in [1.165, 1.54) is 19.4 Å². The molecule has 0 atom stereocenters. The van der Waals surface area contributed by atoms with E-state index in [0.717, 1.165) is 26.9 Å². The molecule has 30 heavy (non-hydrogen) atoms. The first-order valence-corrected chi connectivity index (χ1v) is 9.08. The van der Waals surface area contributed by atoms with Crippen molar-refractivity contribution in [3.8, 4) is 0 Å². The average Bonchev–Trinajstić information content (AvgIpc) is 2.68. The van der Waals surface area contributed by atoms with E-state index in [-0.39, 0.29) is 42.7 Å². The third-order valence-corrected chi connectivity index (χ3v) is 4.42. The molecule has 1 aromatic rings. The topological polar surface area (TPSA) is 117 Å². The van der Waals surface area contributed by atoms with Gasteiger partial charge in [-0.3, -0.25) is 19.5 Å². The van der Waals surface area contributed by atoms with Crippen LogP contribution >= 0.6 is 12.2 Å². The zero-order valence-corrected chi connectivity index (χ0v) is 17.0. The first kappa shape index (κ1) is 23.0. The SMILES string of the molecule is C=CCN1C(=O)CN(c2c(F)cc(N(N)/C=C(\N)CNC(=S)OC)cc2F)CC1=O. The van der Waals surface area contributed by atoms with Crippen LogP contribution in [0.4, 0.5) is 20.2 Å². The Bertz CT molecular complexity index is 854. The maximum Gasteiger partial charge on any atom is 0.256 e. The first-order chi connectivity index (χ1) is 14.2. The minimum Gasteiger partial charge on any atom is -0.474 e. The van der Waals surface area contributed by atoms with Gasteiger partial charge in [0.1, 0.15) is 5.69 Å². The lowest BCUT2D eigenvalue weighted by atomic mass is 10.2. The van der Waals surface area contributed by atoms with E-state index in [2.05, 4.69) is 11.9 Å². The van der Waals surface area contributed by atoms with Gasteiger partial charge in [-0.25, -0.2) is 14.6 Å². The lowest BCUT2D eigenvalue weighted by molar-refractivity contribution is -0.144. The zero-order chi connectivity index (χ0) is 22.4. The van der Waals surface area contributed by atoms with Crippen molar-refractivity contribution in [1.29, 1.82) is 0 Å². The van der Waals surface area contributed by atoms with Crippen LogP contribution in [0, 0.1) is 11.6 Å². The van der Waals surface area contributed by atoms with Gasteiger partial charge in [-0.2, -0.15) is 0 Å². The number of rotatable bonds is 7. The Morgan fingerprint density at radius 3 is 2.40 bits per heavy atom. The molecular weight excluding hydrogens is 418 g/mol. The van der Waals surface area contributed by atoms with Crippen LogP contribution in [0.2, 0.25) is 0 Å². The van der Waals surface area contributed by atoms with E-state index < -0.39 is 29.1 Å². The molecule has 9 nitrogen and oxygen atoms in total. The molecule has 0 spiro atoms. The number of nitrogens with two attached hydrogens (primary N) is 2. The number of piperazine rings is 1. The lowest BCUT2D eigenvalue weighted by Crippen LogP contribution is -2.54. The van der Waals surface area contributed by atoms with Crippen molar-refractivity contribution in [2.24, 2.45) is 11.6 Å². The molecular formula is C18H22F2N6O3S. The number of nitrogens with one attached hydrogen (secondary N) is 1. The number of halogens is 2. The van der Waals surface area contributed by atoms with Gasteiger partial charge >= 0.3 is 0 Å². The largest absolute Gasteiger partial charge is 0.474 e. The highest BCUT2D eigenvalue weighted by Gasteiger charge is 2.33. The van der Waals surface area contributed by atoms with Crippen LogP contribution in [-0.4, -0.2) is 55.2 Å². The van der Waals surface area contributed by atoms with E-state index in [1.54, 1.807) is 0 Å². The molecule has 1 aliphatic heterocycles. The van der Waals surface area contributed by atoms with Gasteiger partial charge in [-0.1, -0.05) is 6.08 Å². The molecule has 0 radical (unpaired) electrons. The Kier molecular flexibility index (Phi) is 7.66. The van der Waals surface area contributed by atoms with Crippen molar-refractivity contribution >= 4 is 40.6 Å².